The summed E-state index contributed by atoms with van der Waals surface area (Å²) in [6, 6.07) is 0. The lowest BCUT2D eigenvalue weighted by atomic mass is 9.75. The van der Waals surface area contributed by atoms with Gasteiger partial charge in [-0.2, -0.15) is 0 Å². The molecule has 0 N–H and O–H groups in total. The van der Waals surface area contributed by atoms with Gasteiger partial charge in [-0.1, -0.05) is 19.3 Å². The molecule has 2 fully saturated rings. The van der Waals surface area contributed by atoms with Gasteiger partial charge in [-0.05, 0) is 32.6 Å². The Morgan fingerprint density at radius 3 is 2.47 bits per heavy atom. The largest absolute Gasteiger partial charge is 0.381 e. The van der Waals surface area contributed by atoms with Crippen LogP contribution < -0.4 is 0 Å². The van der Waals surface area contributed by atoms with Crippen LogP contribution in [-0.4, -0.2) is 31.2 Å². The van der Waals surface area contributed by atoms with Crippen LogP contribution in [0.3, 0.4) is 0 Å². The Morgan fingerprint density at radius 2 is 1.88 bits per heavy atom. The number of ketones is 1. The zero-order valence-corrected chi connectivity index (χ0v) is 10.9. The Balaban J connectivity index is 2.05. The number of hydrogen-bond donors (Lipinski definition) is 0. The molecule has 1 aliphatic carbocycles. The topological polar surface area (TPSA) is 35.5 Å². The second-order valence-corrected chi connectivity index (χ2v) is 5.24. The van der Waals surface area contributed by atoms with Gasteiger partial charge in [-0.25, -0.2) is 0 Å². The van der Waals surface area contributed by atoms with E-state index in [0.29, 0.717) is 12.4 Å². The fourth-order valence-corrected chi connectivity index (χ4v) is 3.19. The van der Waals surface area contributed by atoms with Crippen molar-refractivity contribution in [3.63, 3.8) is 0 Å². The van der Waals surface area contributed by atoms with Crippen molar-refractivity contribution in [1.82, 2.24) is 0 Å². The molecule has 1 heterocycles. The van der Waals surface area contributed by atoms with Crippen LogP contribution in [0.15, 0.2) is 0 Å². The third-order valence-electron chi connectivity index (χ3n) is 4.12. The van der Waals surface area contributed by atoms with Gasteiger partial charge in [-0.15, -0.1) is 0 Å². The number of carbonyl (C=O) groups is 1. The van der Waals surface area contributed by atoms with Crippen LogP contribution in [0.4, 0.5) is 0 Å². The maximum atomic E-state index is 12.7. The Kier molecular flexibility index (Phi) is 4.57. The highest BCUT2D eigenvalue weighted by atomic mass is 16.5. The van der Waals surface area contributed by atoms with E-state index in [-0.39, 0.29) is 5.92 Å². The van der Waals surface area contributed by atoms with Crippen LogP contribution in [0.5, 0.6) is 0 Å². The molecule has 0 aromatic carbocycles. The van der Waals surface area contributed by atoms with Crippen molar-refractivity contribution in [2.45, 2.75) is 57.5 Å². The van der Waals surface area contributed by atoms with Crippen LogP contribution in [0, 0.1) is 5.92 Å². The number of Topliss-reactive ketones (excluding diaryl/α,β-unsaturated/α-hetero) is 1. The molecule has 3 heteroatoms. The lowest BCUT2D eigenvalue weighted by Crippen LogP contribution is -2.47. The van der Waals surface area contributed by atoms with Crippen LogP contribution in [0.1, 0.15) is 51.9 Å². The number of ether oxygens (including phenoxy) is 2. The molecule has 2 rings (SSSR count). The summed E-state index contributed by atoms with van der Waals surface area (Å²) in [5.41, 5.74) is -0.449. The average molecular weight is 240 g/mol. The molecule has 0 atom stereocenters. The summed E-state index contributed by atoms with van der Waals surface area (Å²) >= 11 is 0. The normalized spacial score (nSPS) is 25.7. The monoisotopic (exact) mass is 240 g/mol. The van der Waals surface area contributed by atoms with E-state index in [0.717, 1.165) is 51.7 Å². The van der Waals surface area contributed by atoms with Crippen molar-refractivity contribution >= 4 is 5.78 Å². The lowest BCUT2D eigenvalue weighted by molar-refractivity contribution is -0.156. The van der Waals surface area contributed by atoms with E-state index in [1.807, 2.05) is 6.92 Å². The van der Waals surface area contributed by atoms with Crippen LogP contribution in [-0.2, 0) is 14.3 Å². The van der Waals surface area contributed by atoms with Gasteiger partial charge >= 0.3 is 0 Å². The maximum absolute atomic E-state index is 12.7. The summed E-state index contributed by atoms with van der Waals surface area (Å²) in [6.07, 6.45) is 7.13. The van der Waals surface area contributed by atoms with E-state index in [1.165, 1.54) is 6.42 Å². The van der Waals surface area contributed by atoms with Crippen LogP contribution >= 0.6 is 0 Å². The summed E-state index contributed by atoms with van der Waals surface area (Å²) in [5.74, 6) is 0.538. The molecule has 1 saturated carbocycles. The molecule has 0 aromatic heterocycles. The third-order valence-corrected chi connectivity index (χ3v) is 4.12. The molecule has 1 aliphatic heterocycles. The molecular formula is C14H24O3. The summed E-state index contributed by atoms with van der Waals surface area (Å²) in [7, 11) is 0. The minimum absolute atomic E-state index is 0.174. The van der Waals surface area contributed by atoms with E-state index in [1.54, 1.807) is 0 Å². The van der Waals surface area contributed by atoms with Crippen molar-refractivity contribution in [2.24, 2.45) is 5.92 Å². The first-order chi connectivity index (χ1) is 8.28. The minimum atomic E-state index is -0.449. The Hall–Kier alpha value is -0.410. The van der Waals surface area contributed by atoms with Crippen LogP contribution in [0.2, 0.25) is 0 Å². The summed E-state index contributed by atoms with van der Waals surface area (Å²) in [6.45, 7) is 4.11. The van der Waals surface area contributed by atoms with Gasteiger partial charge in [0.2, 0.25) is 0 Å². The summed E-state index contributed by atoms with van der Waals surface area (Å²) in [5, 5.41) is 0. The lowest BCUT2D eigenvalue weighted by Gasteiger charge is -2.38. The molecule has 2 aliphatic rings. The molecule has 17 heavy (non-hydrogen) atoms. The molecule has 0 radical (unpaired) electrons. The fraction of sp³-hybridized carbons (Fsp3) is 0.929. The summed E-state index contributed by atoms with van der Waals surface area (Å²) in [4.78, 5) is 12.7. The van der Waals surface area contributed by atoms with E-state index >= 15 is 0 Å². The Morgan fingerprint density at radius 1 is 1.24 bits per heavy atom. The second kappa shape index (κ2) is 5.96. The standard InChI is InChI=1S/C14H24O3/c1-2-17-14(8-4-3-5-9-14)13(15)12-6-10-16-11-7-12/h12H,2-11H2,1H3. The molecular weight excluding hydrogens is 216 g/mol. The molecule has 0 bridgehead atoms. The number of carbonyl (C=O) groups excluding carboxylic acids is 1. The SMILES string of the molecule is CCOC1(C(=O)C2CCOCC2)CCCCC1. The Labute approximate surface area is 104 Å². The van der Waals surface area contributed by atoms with Gasteiger partial charge in [0.25, 0.3) is 0 Å². The minimum Gasteiger partial charge on any atom is -0.381 e. The van der Waals surface area contributed by atoms with Gasteiger partial charge in [0.15, 0.2) is 5.78 Å². The summed E-state index contributed by atoms with van der Waals surface area (Å²) < 4.78 is 11.2. The highest BCUT2D eigenvalue weighted by Gasteiger charge is 2.43. The zero-order chi connectivity index (χ0) is 12.1. The van der Waals surface area contributed by atoms with Crippen molar-refractivity contribution in [2.75, 3.05) is 19.8 Å². The molecule has 0 spiro atoms. The van der Waals surface area contributed by atoms with Gasteiger partial charge < -0.3 is 9.47 Å². The van der Waals surface area contributed by atoms with Crippen molar-refractivity contribution in [3.8, 4) is 0 Å². The van der Waals surface area contributed by atoms with Crippen LogP contribution in [0.25, 0.3) is 0 Å². The molecule has 1 saturated heterocycles. The third kappa shape index (κ3) is 2.89. The average Bonchev–Trinajstić information content (AvgIpc) is 2.40. The van der Waals surface area contributed by atoms with Gasteiger partial charge in [0.05, 0.1) is 0 Å². The smallest absolute Gasteiger partial charge is 0.167 e. The van der Waals surface area contributed by atoms with Crippen molar-refractivity contribution in [3.05, 3.63) is 0 Å². The van der Waals surface area contributed by atoms with E-state index < -0.39 is 5.60 Å². The van der Waals surface area contributed by atoms with Gasteiger partial charge in [0.1, 0.15) is 5.60 Å². The number of hydrogen-bond acceptors (Lipinski definition) is 3. The van der Waals surface area contributed by atoms with E-state index in [9.17, 15) is 4.79 Å². The Bertz CT molecular complexity index is 245. The van der Waals surface area contributed by atoms with Gasteiger partial charge in [0, 0.05) is 25.7 Å². The molecule has 0 aromatic rings. The van der Waals surface area contributed by atoms with E-state index in [4.69, 9.17) is 9.47 Å². The highest BCUT2D eigenvalue weighted by Crippen LogP contribution is 2.36. The van der Waals surface area contributed by atoms with E-state index in [2.05, 4.69) is 0 Å². The van der Waals surface area contributed by atoms with Crippen molar-refractivity contribution < 1.29 is 14.3 Å². The first kappa shape index (κ1) is 13.0. The van der Waals surface area contributed by atoms with Gasteiger partial charge in [-0.3, -0.25) is 4.79 Å². The predicted octanol–water partition coefficient (Wildman–Crippen LogP) is 2.72. The highest BCUT2D eigenvalue weighted by molar-refractivity contribution is 5.89. The predicted molar refractivity (Wildman–Crippen MR) is 66.0 cm³/mol. The first-order valence-electron chi connectivity index (χ1n) is 7.04. The quantitative estimate of drug-likeness (QED) is 0.758. The molecule has 98 valence electrons. The number of rotatable bonds is 4. The zero-order valence-electron chi connectivity index (χ0n) is 10.9. The second-order valence-electron chi connectivity index (χ2n) is 5.24. The first-order valence-corrected chi connectivity index (χ1v) is 7.04. The fourth-order valence-electron chi connectivity index (χ4n) is 3.19. The van der Waals surface area contributed by atoms with Crippen molar-refractivity contribution in [1.29, 1.82) is 0 Å². The molecule has 3 nitrogen and oxygen atoms in total. The molecule has 0 amide bonds. The maximum Gasteiger partial charge on any atom is 0.167 e. The molecule has 0 unspecified atom stereocenters.